The maximum Gasteiger partial charge on any atom is 0.137 e. The molecule has 0 heterocycles. The maximum atomic E-state index is 13.6. The average molecular weight is 471 g/mol. The zero-order valence-corrected chi connectivity index (χ0v) is 15.4. The van der Waals surface area contributed by atoms with Crippen LogP contribution in [0.5, 0.6) is 0 Å². The SMILES string of the molecule is Cc1cc(Br)c(C(Cl)c2cccc(F)c2Br)cc1Br. The molecule has 0 nitrogen and oxygen atoms in total. The van der Waals surface area contributed by atoms with Gasteiger partial charge in [-0.1, -0.05) is 44.0 Å². The van der Waals surface area contributed by atoms with Gasteiger partial charge in [0, 0.05) is 8.95 Å². The van der Waals surface area contributed by atoms with Crippen LogP contribution in [0.3, 0.4) is 0 Å². The van der Waals surface area contributed by atoms with Crippen molar-refractivity contribution in [3.63, 3.8) is 0 Å². The summed E-state index contributed by atoms with van der Waals surface area (Å²) in [7, 11) is 0. The van der Waals surface area contributed by atoms with Crippen molar-refractivity contribution in [3.8, 4) is 0 Å². The predicted octanol–water partition coefficient (Wildman–Crippen LogP) is 6.75. The Morgan fingerprint density at radius 1 is 1.05 bits per heavy atom. The van der Waals surface area contributed by atoms with Crippen molar-refractivity contribution >= 4 is 59.4 Å². The van der Waals surface area contributed by atoms with Crippen molar-refractivity contribution in [1.29, 1.82) is 0 Å². The average Bonchev–Trinajstić information content (AvgIpc) is 2.36. The van der Waals surface area contributed by atoms with E-state index in [1.807, 2.05) is 25.1 Å². The van der Waals surface area contributed by atoms with Crippen molar-refractivity contribution in [2.75, 3.05) is 0 Å². The lowest BCUT2D eigenvalue weighted by atomic mass is 10.0. The minimum atomic E-state index is -0.434. The van der Waals surface area contributed by atoms with Crippen LogP contribution in [-0.2, 0) is 0 Å². The minimum Gasteiger partial charge on any atom is -0.206 e. The van der Waals surface area contributed by atoms with E-state index in [0.29, 0.717) is 10.0 Å². The standard InChI is InChI=1S/C14H9Br3ClF/c1-7-5-11(16)9(6-10(7)15)14(18)8-3-2-4-12(19)13(8)17/h2-6,14H,1H3. The van der Waals surface area contributed by atoms with Crippen LogP contribution in [0.2, 0.25) is 0 Å². The number of aryl methyl sites for hydroxylation is 1. The molecular weight excluding hydrogens is 462 g/mol. The summed E-state index contributed by atoms with van der Waals surface area (Å²) >= 11 is 16.7. The summed E-state index contributed by atoms with van der Waals surface area (Å²) < 4.78 is 15.9. The largest absolute Gasteiger partial charge is 0.206 e. The summed E-state index contributed by atoms with van der Waals surface area (Å²) in [5, 5.41) is -0.434. The van der Waals surface area contributed by atoms with Gasteiger partial charge >= 0.3 is 0 Å². The van der Waals surface area contributed by atoms with E-state index in [1.165, 1.54) is 6.07 Å². The highest BCUT2D eigenvalue weighted by Crippen LogP contribution is 2.39. The molecule has 0 saturated carbocycles. The van der Waals surface area contributed by atoms with Crippen LogP contribution in [-0.4, -0.2) is 0 Å². The number of alkyl halides is 1. The highest BCUT2D eigenvalue weighted by Gasteiger charge is 2.19. The number of hydrogen-bond donors (Lipinski definition) is 0. The maximum absolute atomic E-state index is 13.6. The monoisotopic (exact) mass is 468 g/mol. The van der Waals surface area contributed by atoms with Crippen LogP contribution in [0, 0.1) is 12.7 Å². The van der Waals surface area contributed by atoms with E-state index in [-0.39, 0.29) is 5.82 Å². The molecule has 0 aliphatic rings. The molecule has 100 valence electrons. The van der Waals surface area contributed by atoms with Gasteiger partial charge in [-0.15, -0.1) is 11.6 Å². The lowest BCUT2D eigenvalue weighted by molar-refractivity contribution is 0.618. The molecule has 2 aromatic carbocycles. The van der Waals surface area contributed by atoms with Crippen LogP contribution in [0.1, 0.15) is 22.1 Å². The molecule has 1 unspecified atom stereocenters. The predicted molar refractivity (Wildman–Crippen MR) is 88.4 cm³/mol. The summed E-state index contributed by atoms with van der Waals surface area (Å²) in [6.07, 6.45) is 0. The van der Waals surface area contributed by atoms with Gasteiger partial charge in [0.1, 0.15) is 5.82 Å². The molecule has 0 radical (unpaired) electrons. The molecule has 0 N–H and O–H groups in total. The normalized spacial score (nSPS) is 12.5. The summed E-state index contributed by atoms with van der Waals surface area (Å²) in [6, 6.07) is 8.81. The lowest BCUT2D eigenvalue weighted by Gasteiger charge is -2.16. The lowest BCUT2D eigenvalue weighted by Crippen LogP contribution is -1.98. The Bertz CT molecular complexity index is 628. The fraction of sp³-hybridized carbons (Fsp3) is 0.143. The molecule has 0 aromatic heterocycles. The van der Waals surface area contributed by atoms with Crippen LogP contribution >= 0.6 is 59.4 Å². The van der Waals surface area contributed by atoms with Gasteiger partial charge < -0.3 is 0 Å². The summed E-state index contributed by atoms with van der Waals surface area (Å²) in [5.41, 5.74) is 2.71. The van der Waals surface area contributed by atoms with Gasteiger partial charge in [0.2, 0.25) is 0 Å². The van der Waals surface area contributed by atoms with Crippen molar-refractivity contribution < 1.29 is 4.39 Å². The fourth-order valence-electron chi connectivity index (χ4n) is 1.74. The second-order valence-corrected chi connectivity index (χ2v) is 7.07. The fourth-order valence-corrected chi connectivity index (χ4v) is 3.91. The minimum absolute atomic E-state index is 0.314. The van der Waals surface area contributed by atoms with E-state index < -0.39 is 5.38 Å². The Morgan fingerprint density at radius 3 is 2.42 bits per heavy atom. The molecule has 0 amide bonds. The topological polar surface area (TPSA) is 0 Å². The van der Waals surface area contributed by atoms with E-state index in [2.05, 4.69) is 47.8 Å². The molecular formula is C14H9Br3ClF. The van der Waals surface area contributed by atoms with Gasteiger partial charge in [-0.25, -0.2) is 4.39 Å². The van der Waals surface area contributed by atoms with Crippen molar-refractivity contribution in [1.82, 2.24) is 0 Å². The van der Waals surface area contributed by atoms with Crippen LogP contribution in [0.15, 0.2) is 43.7 Å². The molecule has 0 bridgehead atoms. The highest BCUT2D eigenvalue weighted by molar-refractivity contribution is 9.11. The van der Waals surface area contributed by atoms with Crippen LogP contribution in [0.25, 0.3) is 0 Å². The zero-order chi connectivity index (χ0) is 14.2. The van der Waals surface area contributed by atoms with Gasteiger partial charge in [0.25, 0.3) is 0 Å². The number of halogens is 5. The van der Waals surface area contributed by atoms with Crippen LogP contribution in [0.4, 0.5) is 4.39 Å². The summed E-state index contributed by atoms with van der Waals surface area (Å²) in [4.78, 5) is 0. The molecule has 0 aliphatic heterocycles. The van der Waals surface area contributed by atoms with Crippen molar-refractivity contribution in [2.45, 2.75) is 12.3 Å². The van der Waals surface area contributed by atoms with E-state index in [0.717, 1.165) is 20.1 Å². The Hall–Kier alpha value is 0.1000. The molecule has 0 saturated heterocycles. The third kappa shape index (κ3) is 3.23. The van der Waals surface area contributed by atoms with Crippen LogP contribution < -0.4 is 0 Å². The third-order valence-electron chi connectivity index (χ3n) is 2.81. The number of benzene rings is 2. The van der Waals surface area contributed by atoms with Gasteiger partial charge in [-0.3, -0.25) is 0 Å². The van der Waals surface area contributed by atoms with E-state index in [1.54, 1.807) is 6.07 Å². The van der Waals surface area contributed by atoms with Crippen molar-refractivity contribution in [3.05, 3.63) is 66.3 Å². The molecule has 2 rings (SSSR count). The smallest absolute Gasteiger partial charge is 0.137 e. The molecule has 19 heavy (non-hydrogen) atoms. The Balaban J connectivity index is 2.53. The summed E-state index contributed by atoms with van der Waals surface area (Å²) in [6.45, 7) is 2.00. The van der Waals surface area contributed by atoms with E-state index >= 15 is 0 Å². The van der Waals surface area contributed by atoms with E-state index in [9.17, 15) is 4.39 Å². The first-order chi connectivity index (χ1) is 8.91. The number of rotatable bonds is 2. The zero-order valence-electron chi connectivity index (χ0n) is 9.85. The van der Waals surface area contributed by atoms with Gasteiger partial charge in [0.05, 0.1) is 9.85 Å². The Labute approximate surface area is 141 Å². The third-order valence-corrected chi connectivity index (χ3v) is 5.65. The molecule has 5 heteroatoms. The molecule has 1 atom stereocenters. The first-order valence-electron chi connectivity index (χ1n) is 5.45. The number of hydrogen-bond acceptors (Lipinski definition) is 0. The molecule has 0 aliphatic carbocycles. The van der Waals surface area contributed by atoms with Gasteiger partial charge in [-0.05, 0) is 57.7 Å². The Morgan fingerprint density at radius 2 is 1.74 bits per heavy atom. The molecule has 0 fully saturated rings. The molecule has 0 spiro atoms. The Kier molecular flexibility index (Phi) is 5.09. The van der Waals surface area contributed by atoms with Gasteiger partial charge in [0.15, 0.2) is 0 Å². The second-order valence-electron chi connectivity index (χ2n) is 4.13. The summed E-state index contributed by atoms with van der Waals surface area (Å²) in [5.74, 6) is -0.314. The second kappa shape index (κ2) is 6.25. The highest BCUT2D eigenvalue weighted by atomic mass is 79.9. The molecule has 2 aromatic rings. The quantitative estimate of drug-likeness (QED) is 0.425. The first-order valence-corrected chi connectivity index (χ1v) is 8.27. The van der Waals surface area contributed by atoms with Crippen molar-refractivity contribution in [2.24, 2.45) is 0 Å². The first kappa shape index (κ1) is 15.5. The van der Waals surface area contributed by atoms with E-state index in [4.69, 9.17) is 11.6 Å². The van der Waals surface area contributed by atoms with Gasteiger partial charge in [-0.2, -0.15) is 0 Å².